The summed E-state index contributed by atoms with van der Waals surface area (Å²) in [7, 11) is 0. The van der Waals surface area contributed by atoms with Gasteiger partial charge in [0.2, 0.25) is 5.76 Å². The number of nitrogens with one attached hydrogen (secondary N) is 1. The van der Waals surface area contributed by atoms with Crippen molar-refractivity contribution in [1.29, 1.82) is 0 Å². The number of esters is 1. The maximum absolute atomic E-state index is 11.9. The first kappa shape index (κ1) is 14.1. The lowest BCUT2D eigenvalue weighted by Crippen LogP contribution is -2.04. The van der Waals surface area contributed by atoms with Crippen LogP contribution in [0.15, 0.2) is 52.9 Å². The summed E-state index contributed by atoms with van der Waals surface area (Å²) in [5.41, 5.74) is 2.56. The molecule has 0 radical (unpaired) electrons. The molecule has 1 aromatic carbocycles. The van der Waals surface area contributed by atoms with Crippen LogP contribution in [0.5, 0.6) is 0 Å². The van der Waals surface area contributed by atoms with Gasteiger partial charge in [-0.15, -0.1) is 0 Å². The summed E-state index contributed by atoms with van der Waals surface area (Å²) in [6.45, 7) is 2.09. The molecule has 0 atom stereocenters. The van der Waals surface area contributed by atoms with Gasteiger partial charge in [-0.3, -0.25) is 5.10 Å². The van der Waals surface area contributed by atoms with Crippen molar-refractivity contribution >= 4 is 5.97 Å². The number of hydrogen-bond acceptors (Lipinski definition) is 4. The number of aromatic amines is 1. The van der Waals surface area contributed by atoms with E-state index in [-0.39, 0.29) is 12.4 Å². The number of nitrogens with zero attached hydrogens (tertiary/aromatic N) is 1. The fourth-order valence-corrected chi connectivity index (χ4v) is 2.08. The number of furan rings is 1. The average molecular weight is 296 g/mol. The van der Waals surface area contributed by atoms with Crippen molar-refractivity contribution in [2.24, 2.45) is 0 Å². The zero-order valence-corrected chi connectivity index (χ0v) is 12.2. The van der Waals surface area contributed by atoms with Gasteiger partial charge >= 0.3 is 5.97 Å². The molecule has 2 heterocycles. The molecule has 0 saturated heterocycles. The molecule has 0 aliphatic rings. The second kappa shape index (κ2) is 6.30. The Hall–Kier alpha value is -2.82. The van der Waals surface area contributed by atoms with E-state index in [0.29, 0.717) is 0 Å². The molecule has 112 valence electrons. The lowest BCUT2D eigenvalue weighted by atomic mass is 10.1. The third-order valence-electron chi connectivity index (χ3n) is 3.27. The highest BCUT2D eigenvalue weighted by Gasteiger charge is 2.13. The van der Waals surface area contributed by atoms with Crippen LogP contribution in [0.4, 0.5) is 0 Å². The molecule has 0 fully saturated rings. The highest BCUT2D eigenvalue weighted by atomic mass is 16.5. The Balaban J connectivity index is 1.62. The average Bonchev–Trinajstić information content (AvgIpc) is 3.22. The second-order valence-electron chi connectivity index (χ2n) is 4.84. The molecule has 1 N–H and O–H groups in total. The molecule has 0 bridgehead atoms. The number of carbonyl (C=O) groups is 1. The van der Waals surface area contributed by atoms with Crippen molar-refractivity contribution in [3.63, 3.8) is 0 Å². The third kappa shape index (κ3) is 3.09. The highest BCUT2D eigenvalue weighted by Crippen LogP contribution is 2.17. The molecule has 2 aromatic heterocycles. The minimum atomic E-state index is -0.476. The smallest absolute Gasteiger partial charge is 0.374 e. The lowest BCUT2D eigenvalue weighted by Gasteiger charge is -2.00. The summed E-state index contributed by atoms with van der Waals surface area (Å²) in [5.74, 6) is 0.509. The molecule has 3 aromatic rings. The van der Waals surface area contributed by atoms with Crippen molar-refractivity contribution in [2.45, 2.75) is 20.0 Å². The third-order valence-corrected chi connectivity index (χ3v) is 3.27. The molecular weight excluding hydrogens is 280 g/mol. The number of aryl methyl sites for hydroxylation is 1. The first-order valence-corrected chi connectivity index (χ1v) is 7.12. The van der Waals surface area contributed by atoms with Gasteiger partial charge < -0.3 is 9.15 Å². The van der Waals surface area contributed by atoms with E-state index in [0.717, 1.165) is 29.1 Å². The van der Waals surface area contributed by atoms with Gasteiger partial charge in [-0.2, -0.15) is 5.10 Å². The maximum atomic E-state index is 11.9. The zero-order valence-electron chi connectivity index (χ0n) is 12.2. The van der Waals surface area contributed by atoms with E-state index in [4.69, 9.17) is 9.15 Å². The number of aromatic nitrogens is 2. The van der Waals surface area contributed by atoms with Crippen LogP contribution < -0.4 is 0 Å². The van der Waals surface area contributed by atoms with Crippen LogP contribution in [0.3, 0.4) is 0 Å². The summed E-state index contributed by atoms with van der Waals surface area (Å²) in [5, 5.41) is 7.08. The van der Waals surface area contributed by atoms with Gasteiger partial charge in [0.05, 0.1) is 11.4 Å². The monoisotopic (exact) mass is 296 g/mol. The maximum Gasteiger partial charge on any atom is 0.374 e. The number of rotatable bonds is 5. The van der Waals surface area contributed by atoms with Crippen LogP contribution in [0, 0.1) is 0 Å². The zero-order chi connectivity index (χ0) is 15.4. The van der Waals surface area contributed by atoms with Crippen molar-refractivity contribution < 1.29 is 13.9 Å². The van der Waals surface area contributed by atoms with E-state index >= 15 is 0 Å². The van der Waals surface area contributed by atoms with Crippen molar-refractivity contribution in [2.75, 3.05) is 0 Å². The predicted molar refractivity (Wildman–Crippen MR) is 81.2 cm³/mol. The van der Waals surface area contributed by atoms with Crippen molar-refractivity contribution in [3.8, 4) is 11.3 Å². The molecule has 22 heavy (non-hydrogen) atoms. The normalized spacial score (nSPS) is 10.6. The molecule has 5 nitrogen and oxygen atoms in total. The molecule has 0 spiro atoms. The molecule has 0 aliphatic heterocycles. The number of carbonyl (C=O) groups excluding carboxylic acids is 1. The topological polar surface area (TPSA) is 68.1 Å². The summed E-state index contributed by atoms with van der Waals surface area (Å²) in [6.07, 6.45) is 0.744. The van der Waals surface area contributed by atoms with Gasteiger partial charge in [-0.05, 0) is 18.2 Å². The number of ether oxygens (including phenoxy) is 1. The molecule has 3 rings (SSSR count). The minimum absolute atomic E-state index is 0.126. The van der Waals surface area contributed by atoms with Gasteiger partial charge in [-0.25, -0.2) is 4.79 Å². The van der Waals surface area contributed by atoms with Crippen molar-refractivity contribution in [1.82, 2.24) is 10.2 Å². The SMILES string of the molecule is CCc1ccc(C(=O)OCc2cc(-c3ccccc3)n[nH]2)o1. The lowest BCUT2D eigenvalue weighted by molar-refractivity contribution is 0.0429. The first-order valence-electron chi connectivity index (χ1n) is 7.12. The van der Waals surface area contributed by atoms with E-state index < -0.39 is 5.97 Å². The van der Waals surface area contributed by atoms with E-state index in [2.05, 4.69) is 10.2 Å². The first-order chi connectivity index (χ1) is 10.8. The fourth-order valence-electron chi connectivity index (χ4n) is 2.08. The quantitative estimate of drug-likeness (QED) is 0.731. The van der Waals surface area contributed by atoms with E-state index in [1.165, 1.54) is 0 Å². The standard InChI is InChI=1S/C17H16N2O3/c1-2-14-8-9-16(22-14)17(20)21-11-13-10-15(19-18-13)12-6-4-3-5-7-12/h3-10H,2,11H2,1H3,(H,18,19). The Labute approximate surface area is 127 Å². The Kier molecular flexibility index (Phi) is 4.05. The molecule has 0 amide bonds. The number of H-pyrrole nitrogens is 1. The Morgan fingerprint density at radius 2 is 2.05 bits per heavy atom. The van der Waals surface area contributed by atoms with Crippen LogP contribution in [-0.4, -0.2) is 16.2 Å². The summed E-state index contributed by atoms with van der Waals surface area (Å²) in [6, 6.07) is 15.1. The van der Waals surface area contributed by atoms with Crippen LogP contribution >= 0.6 is 0 Å². The fraction of sp³-hybridized carbons (Fsp3) is 0.176. The summed E-state index contributed by atoms with van der Waals surface area (Å²) < 4.78 is 10.6. The van der Waals surface area contributed by atoms with Crippen LogP contribution in [0.25, 0.3) is 11.3 Å². The largest absolute Gasteiger partial charge is 0.454 e. The molecule has 0 unspecified atom stereocenters. The number of benzene rings is 1. The second-order valence-corrected chi connectivity index (χ2v) is 4.84. The van der Waals surface area contributed by atoms with Crippen LogP contribution in [-0.2, 0) is 17.8 Å². The highest BCUT2D eigenvalue weighted by molar-refractivity contribution is 5.86. The molecular formula is C17H16N2O3. The number of hydrogen-bond donors (Lipinski definition) is 1. The Bertz CT molecular complexity index is 759. The van der Waals surface area contributed by atoms with Gasteiger partial charge in [-0.1, -0.05) is 37.3 Å². The van der Waals surface area contributed by atoms with Gasteiger partial charge in [0.15, 0.2) is 0 Å². The molecule has 5 heteroatoms. The van der Waals surface area contributed by atoms with Crippen LogP contribution in [0.1, 0.15) is 28.9 Å². The van der Waals surface area contributed by atoms with E-state index in [1.807, 2.05) is 43.3 Å². The van der Waals surface area contributed by atoms with Gasteiger partial charge in [0, 0.05) is 12.0 Å². The predicted octanol–water partition coefficient (Wildman–Crippen LogP) is 3.59. The Morgan fingerprint density at radius 3 is 2.77 bits per heavy atom. The van der Waals surface area contributed by atoms with Crippen LogP contribution in [0.2, 0.25) is 0 Å². The van der Waals surface area contributed by atoms with Gasteiger partial charge in [0.25, 0.3) is 0 Å². The minimum Gasteiger partial charge on any atom is -0.454 e. The summed E-state index contributed by atoms with van der Waals surface area (Å²) >= 11 is 0. The van der Waals surface area contributed by atoms with Crippen molar-refractivity contribution in [3.05, 3.63) is 65.7 Å². The van der Waals surface area contributed by atoms with E-state index in [9.17, 15) is 4.79 Å². The molecule has 0 saturated carbocycles. The molecule has 0 aliphatic carbocycles. The van der Waals surface area contributed by atoms with Gasteiger partial charge in [0.1, 0.15) is 12.4 Å². The Morgan fingerprint density at radius 1 is 1.23 bits per heavy atom. The summed E-state index contributed by atoms with van der Waals surface area (Å²) in [4.78, 5) is 11.9. The van der Waals surface area contributed by atoms with E-state index in [1.54, 1.807) is 12.1 Å².